The highest BCUT2D eigenvalue weighted by molar-refractivity contribution is 6.29. The second kappa shape index (κ2) is 8.63. The van der Waals surface area contributed by atoms with Gasteiger partial charge in [-0.1, -0.05) is 31.5 Å². The van der Waals surface area contributed by atoms with Gasteiger partial charge in [0.1, 0.15) is 17.9 Å². The summed E-state index contributed by atoms with van der Waals surface area (Å²) in [5.41, 5.74) is 2.00. The van der Waals surface area contributed by atoms with E-state index in [2.05, 4.69) is 10.1 Å². The monoisotopic (exact) mass is 453 g/mol. The molecule has 4 heterocycles. The van der Waals surface area contributed by atoms with Crippen LogP contribution in [0.5, 0.6) is 17.5 Å². The molecule has 0 amide bonds. The lowest BCUT2D eigenvalue weighted by Gasteiger charge is -2.18. The Morgan fingerprint density at radius 2 is 2.03 bits per heavy atom. The van der Waals surface area contributed by atoms with E-state index in [-0.39, 0.29) is 29.5 Å². The third kappa shape index (κ3) is 4.31. The summed E-state index contributed by atoms with van der Waals surface area (Å²) < 4.78 is 10.6. The fourth-order valence-electron chi connectivity index (χ4n) is 3.64. The topological polar surface area (TPSA) is 88.4 Å². The zero-order chi connectivity index (χ0) is 23.0. The van der Waals surface area contributed by atoms with E-state index in [1.54, 1.807) is 46.9 Å². The highest BCUT2D eigenvalue weighted by atomic mass is 35.5. The Balaban J connectivity index is 1.86. The molecule has 0 N–H and O–H groups in total. The molecule has 0 aliphatic carbocycles. The second-order valence-corrected chi connectivity index (χ2v) is 8.59. The molecule has 0 aromatic carbocycles. The van der Waals surface area contributed by atoms with E-state index in [1.165, 1.54) is 4.40 Å². The first-order valence-electron chi connectivity index (χ1n) is 10.3. The molecular formula is C23H24ClN5O3. The van der Waals surface area contributed by atoms with Gasteiger partial charge in [0.15, 0.2) is 5.75 Å². The average Bonchev–Trinajstić information content (AvgIpc) is 3.06. The first-order chi connectivity index (χ1) is 15.2. The maximum Gasteiger partial charge on any atom is 0.344 e. The minimum atomic E-state index is -0.337. The van der Waals surface area contributed by atoms with E-state index in [9.17, 15) is 9.90 Å². The number of nitrogens with zero attached hydrogens (tertiary/aromatic N) is 5. The van der Waals surface area contributed by atoms with Crippen molar-refractivity contribution in [2.45, 2.75) is 33.7 Å². The largest absolute Gasteiger partial charge is 0.842 e. The molecule has 4 aromatic heterocycles. The first-order valence-corrected chi connectivity index (χ1v) is 10.7. The van der Waals surface area contributed by atoms with Crippen molar-refractivity contribution >= 4 is 17.2 Å². The van der Waals surface area contributed by atoms with Gasteiger partial charge >= 0.3 is 5.56 Å². The highest BCUT2D eigenvalue weighted by Crippen LogP contribution is 2.22. The molecule has 4 aromatic rings. The molecule has 0 aliphatic heterocycles. The summed E-state index contributed by atoms with van der Waals surface area (Å²) in [6, 6.07) is 8.74. The third-order valence-corrected chi connectivity index (χ3v) is 5.30. The lowest BCUT2D eigenvalue weighted by molar-refractivity contribution is -0.709. The SMILES string of the molecule is Cc1cc(Oc2ccc3n(c2)c(=O)c(CC(C)C)c([O-])[n+]3Cc2ccc(Cl)nc2)n(C)n1. The van der Waals surface area contributed by atoms with Crippen LogP contribution in [0.15, 0.2) is 47.5 Å². The third-order valence-electron chi connectivity index (χ3n) is 5.08. The molecule has 4 rings (SSSR count). The van der Waals surface area contributed by atoms with Crippen LogP contribution in [0.25, 0.3) is 5.65 Å². The number of rotatable bonds is 6. The standard InChI is InChI=1S/C23H24ClN5O3/c1-14(2)9-18-22(30)28(12-16-5-7-19(24)25-11-16)20-8-6-17(13-29(20)23(18)31)32-21-10-15(3)26-27(21)4/h5-8,10-11,13-14H,9,12H2,1-4H3. The van der Waals surface area contributed by atoms with E-state index < -0.39 is 0 Å². The molecule has 166 valence electrons. The van der Waals surface area contributed by atoms with Gasteiger partial charge in [0.25, 0.3) is 5.65 Å². The fraction of sp³-hybridized carbons (Fsp3) is 0.304. The molecule has 9 heteroatoms. The van der Waals surface area contributed by atoms with Crippen molar-refractivity contribution in [3.8, 4) is 17.5 Å². The van der Waals surface area contributed by atoms with Crippen molar-refractivity contribution in [3.63, 3.8) is 0 Å². The fourth-order valence-corrected chi connectivity index (χ4v) is 3.75. The summed E-state index contributed by atoms with van der Waals surface area (Å²) in [7, 11) is 1.79. The van der Waals surface area contributed by atoms with Gasteiger partial charge in [-0.25, -0.2) is 19.0 Å². The molecular weight excluding hydrogens is 430 g/mol. The minimum Gasteiger partial charge on any atom is -0.842 e. The molecule has 32 heavy (non-hydrogen) atoms. The molecule has 0 saturated carbocycles. The van der Waals surface area contributed by atoms with Crippen molar-refractivity contribution < 1.29 is 14.4 Å². The summed E-state index contributed by atoms with van der Waals surface area (Å²) >= 11 is 5.90. The van der Waals surface area contributed by atoms with Gasteiger partial charge in [-0.15, -0.1) is 0 Å². The van der Waals surface area contributed by atoms with Crippen molar-refractivity contribution in [3.05, 3.63) is 75.1 Å². The number of halogens is 1. The molecule has 0 unspecified atom stereocenters. The van der Waals surface area contributed by atoms with Crippen LogP contribution in [0.1, 0.15) is 30.7 Å². The van der Waals surface area contributed by atoms with Crippen molar-refractivity contribution in [1.82, 2.24) is 19.2 Å². The number of aromatic nitrogens is 5. The molecule has 0 saturated heterocycles. The van der Waals surface area contributed by atoms with Crippen LogP contribution in [-0.2, 0) is 20.0 Å². The quantitative estimate of drug-likeness (QED) is 0.331. The Labute approximate surface area is 190 Å². The van der Waals surface area contributed by atoms with Gasteiger partial charge in [0, 0.05) is 30.9 Å². The van der Waals surface area contributed by atoms with Crippen molar-refractivity contribution in [1.29, 1.82) is 0 Å². The lowest BCUT2D eigenvalue weighted by atomic mass is 10.0. The highest BCUT2D eigenvalue weighted by Gasteiger charge is 2.21. The van der Waals surface area contributed by atoms with E-state index in [0.29, 0.717) is 28.9 Å². The Kier molecular flexibility index (Phi) is 5.88. The summed E-state index contributed by atoms with van der Waals surface area (Å²) in [6.45, 7) is 6.09. The Hall–Kier alpha value is -3.39. The molecule has 8 nitrogen and oxygen atoms in total. The summed E-state index contributed by atoms with van der Waals surface area (Å²) in [5, 5.41) is 17.9. The van der Waals surface area contributed by atoms with E-state index >= 15 is 0 Å². The first kappa shape index (κ1) is 21.8. The predicted octanol–water partition coefficient (Wildman–Crippen LogP) is 2.79. The van der Waals surface area contributed by atoms with Gasteiger partial charge in [0.2, 0.25) is 5.88 Å². The van der Waals surface area contributed by atoms with Crippen LogP contribution in [0.3, 0.4) is 0 Å². The van der Waals surface area contributed by atoms with Crippen molar-refractivity contribution in [2.75, 3.05) is 0 Å². The molecule has 0 bridgehead atoms. The Morgan fingerprint density at radius 3 is 2.66 bits per heavy atom. The Bertz CT molecular complexity index is 1340. The number of ether oxygens (including phenoxy) is 1. The van der Waals surface area contributed by atoms with Gasteiger partial charge in [-0.3, -0.25) is 0 Å². The number of pyridine rings is 2. The van der Waals surface area contributed by atoms with Crippen LogP contribution in [0.2, 0.25) is 5.15 Å². The zero-order valence-electron chi connectivity index (χ0n) is 18.4. The molecule has 0 aliphatic rings. The summed E-state index contributed by atoms with van der Waals surface area (Å²) in [5.74, 6) is 0.875. The molecule has 0 radical (unpaired) electrons. The van der Waals surface area contributed by atoms with Crippen LogP contribution in [0, 0.1) is 12.8 Å². The molecule has 0 atom stereocenters. The van der Waals surface area contributed by atoms with Crippen LogP contribution < -0.4 is 20.0 Å². The normalized spacial score (nSPS) is 11.4. The lowest BCUT2D eigenvalue weighted by Crippen LogP contribution is -2.45. The summed E-state index contributed by atoms with van der Waals surface area (Å²) in [4.78, 5) is 17.4. The van der Waals surface area contributed by atoms with Gasteiger partial charge in [-0.2, -0.15) is 9.50 Å². The predicted molar refractivity (Wildman–Crippen MR) is 118 cm³/mol. The van der Waals surface area contributed by atoms with Gasteiger partial charge in [0.05, 0.1) is 17.1 Å². The van der Waals surface area contributed by atoms with Gasteiger partial charge in [-0.05, 0) is 31.4 Å². The number of aryl methyl sites for hydroxylation is 2. The van der Waals surface area contributed by atoms with Gasteiger partial charge < -0.3 is 9.84 Å². The smallest absolute Gasteiger partial charge is 0.344 e. The zero-order valence-corrected chi connectivity index (χ0v) is 19.1. The van der Waals surface area contributed by atoms with Crippen LogP contribution >= 0.6 is 11.6 Å². The number of hydrogen-bond acceptors (Lipinski definition) is 5. The van der Waals surface area contributed by atoms with Crippen molar-refractivity contribution in [2.24, 2.45) is 13.0 Å². The van der Waals surface area contributed by atoms with E-state index in [1.807, 2.05) is 32.9 Å². The number of fused-ring (bicyclic) bond motifs is 1. The second-order valence-electron chi connectivity index (χ2n) is 8.20. The molecule has 0 fully saturated rings. The maximum absolute atomic E-state index is 13.3. The average molecular weight is 454 g/mol. The van der Waals surface area contributed by atoms with E-state index in [4.69, 9.17) is 16.3 Å². The van der Waals surface area contributed by atoms with E-state index in [0.717, 1.165) is 11.3 Å². The van der Waals surface area contributed by atoms with Crippen LogP contribution in [0.4, 0.5) is 0 Å². The maximum atomic E-state index is 13.3. The summed E-state index contributed by atoms with van der Waals surface area (Å²) in [6.07, 6.45) is 3.62. The Morgan fingerprint density at radius 1 is 1.25 bits per heavy atom. The number of hydrogen-bond donors (Lipinski definition) is 0. The minimum absolute atomic E-state index is 0.149. The molecule has 0 spiro atoms. The van der Waals surface area contributed by atoms with Crippen LogP contribution in [-0.4, -0.2) is 19.2 Å².